The Morgan fingerprint density at radius 1 is 1.06 bits per heavy atom. The second-order valence-electron chi connectivity index (χ2n) is 7.19. The summed E-state index contributed by atoms with van der Waals surface area (Å²) in [6, 6.07) is 5.63. The van der Waals surface area contributed by atoms with Crippen LogP contribution < -0.4 is 16.4 Å². The molecule has 0 aliphatic carbocycles. The van der Waals surface area contributed by atoms with E-state index >= 15 is 0 Å². The molecule has 2 aromatic heterocycles. The van der Waals surface area contributed by atoms with E-state index in [1.165, 1.54) is 0 Å². The number of H-pyrrole nitrogens is 2. The molecule has 0 bridgehead atoms. The van der Waals surface area contributed by atoms with E-state index in [4.69, 9.17) is 5.73 Å². The first-order valence-corrected chi connectivity index (χ1v) is 10.1. The molecular formula is C21H27N7O3. The minimum Gasteiger partial charge on any atom is -0.480 e. The van der Waals surface area contributed by atoms with E-state index in [0.717, 1.165) is 17.2 Å². The van der Waals surface area contributed by atoms with Gasteiger partial charge in [0, 0.05) is 42.8 Å². The topological polar surface area (TPSA) is 162 Å². The number of hydrogen-bond donors (Lipinski definition) is 6. The van der Waals surface area contributed by atoms with Gasteiger partial charge in [0.25, 0.3) is 5.91 Å². The van der Waals surface area contributed by atoms with Gasteiger partial charge in [0.1, 0.15) is 17.7 Å². The number of aromatic amines is 2. The van der Waals surface area contributed by atoms with E-state index in [0.29, 0.717) is 37.9 Å². The van der Waals surface area contributed by atoms with Crippen molar-refractivity contribution in [2.75, 3.05) is 6.54 Å². The number of amides is 1. The summed E-state index contributed by atoms with van der Waals surface area (Å²) in [6.07, 6.45) is 8.29. The maximum Gasteiger partial charge on any atom is 0.326 e. The van der Waals surface area contributed by atoms with Crippen molar-refractivity contribution < 1.29 is 14.7 Å². The normalized spacial score (nSPS) is 12.9. The third kappa shape index (κ3) is 6.76. The van der Waals surface area contributed by atoms with Gasteiger partial charge in [-0.25, -0.2) is 14.8 Å². The van der Waals surface area contributed by atoms with Crippen LogP contribution in [0.3, 0.4) is 0 Å². The zero-order valence-electron chi connectivity index (χ0n) is 17.0. The van der Waals surface area contributed by atoms with Gasteiger partial charge in [-0.15, -0.1) is 0 Å². The van der Waals surface area contributed by atoms with Crippen LogP contribution in [0.5, 0.6) is 0 Å². The maximum atomic E-state index is 12.5. The molecule has 164 valence electrons. The molecule has 7 N–H and O–H groups in total. The van der Waals surface area contributed by atoms with Gasteiger partial charge in [0.05, 0.1) is 6.54 Å². The SMILES string of the molecule is NC(Cc1ncc[nH]1)c1ccc(C(=O)N[C@@H](CCCNCc2ncc[nH]2)C(=O)O)cc1. The summed E-state index contributed by atoms with van der Waals surface area (Å²) in [5.41, 5.74) is 7.44. The van der Waals surface area contributed by atoms with Gasteiger partial charge in [0.2, 0.25) is 0 Å². The molecule has 0 saturated carbocycles. The zero-order valence-corrected chi connectivity index (χ0v) is 17.0. The fourth-order valence-corrected chi connectivity index (χ4v) is 3.15. The summed E-state index contributed by atoms with van der Waals surface area (Å²) in [7, 11) is 0. The summed E-state index contributed by atoms with van der Waals surface area (Å²) in [4.78, 5) is 38.3. The van der Waals surface area contributed by atoms with Crippen molar-refractivity contribution in [3.63, 3.8) is 0 Å². The zero-order chi connectivity index (χ0) is 22.1. The Kier molecular flexibility index (Phi) is 7.91. The molecule has 1 amide bonds. The number of imidazole rings is 2. The predicted molar refractivity (Wildman–Crippen MR) is 114 cm³/mol. The molecule has 1 unspecified atom stereocenters. The third-order valence-corrected chi connectivity index (χ3v) is 4.87. The molecule has 3 rings (SSSR count). The van der Waals surface area contributed by atoms with Gasteiger partial charge in [-0.2, -0.15) is 0 Å². The number of carbonyl (C=O) groups is 2. The Morgan fingerprint density at radius 2 is 1.74 bits per heavy atom. The summed E-state index contributed by atoms with van der Waals surface area (Å²) in [5.74, 6) is 0.117. The number of nitrogens with one attached hydrogen (secondary N) is 4. The lowest BCUT2D eigenvalue weighted by atomic mass is 10.0. The molecule has 3 aromatic rings. The van der Waals surface area contributed by atoms with Gasteiger partial charge >= 0.3 is 5.97 Å². The maximum absolute atomic E-state index is 12.5. The fourth-order valence-electron chi connectivity index (χ4n) is 3.15. The highest BCUT2D eigenvalue weighted by Gasteiger charge is 2.20. The lowest BCUT2D eigenvalue weighted by Gasteiger charge is -2.15. The third-order valence-electron chi connectivity index (χ3n) is 4.87. The Bertz CT molecular complexity index is 940. The standard InChI is InChI=1S/C21H27N7O3/c22-16(12-18-24-8-9-25-18)14-3-5-15(6-4-14)20(29)28-17(21(30)31)2-1-7-23-13-19-26-10-11-27-19/h3-6,8-11,16-17,23H,1-2,7,12-13,22H2,(H,24,25)(H,26,27)(H,28,29)(H,30,31)/t16?,17-/m0/s1. The monoisotopic (exact) mass is 425 g/mol. The van der Waals surface area contributed by atoms with Crippen LogP contribution in [0, 0.1) is 0 Å². The summed E-state index contributed by atoms with van der Waals surface area (Å²) in [6.45, 7) is 1.19. The summed E-state index contributed by atoms with van der Waals surface area (Å²) >= 11 is 0. The van der Waals surface area contributed by atoms with E-state index in [1.807, 2.05) is 0 Å². The highest BCUT2D eigenvalue weighted by Crippen LogP contribution is 2.15. The van der Waals surface area contributed by atoms with Crippen LogP contribution in [-0.2, 0) is 17.8 Å². The smallest absolute Gasteiger partial charge is 0.326 e. The van der Waals surface area contributed by atoms with Crippen molar-refractivity contribution in [3.05, 3.63) is 71.8 Å². The number of rotatable bonds is 12. The highest BCUT2D eigenvalue weighted by atomic mass is 16.4. The Balaban J connectivity index is 1.46. The molecule has 0 saturated heterocycles. The minimum absolute atomic E-state index is 0.260. The van der Waals surface area contributed by atoms with Crippen molar-refractivity contribution in [2.24, 2.45) is 5.73 Å². The number of aromatic nitrogens is 4. The lowest BCUT2D eigenvalue weighted by molar-refractivity contribution is -0.139. The minimum atomic E-state index is -1.06. The van der Waals surface area contributed by atoms with Crippen molar-refractivity contribution in [1.82, 2.24) is 30.6 Å². The second kappa shape index (κ2) is 11.0. The van der Waals surface area contributed by atoms with Crippen molar-refractivity contribution >= 4 is 11.9 Å². The molecule has 0 radical (unpaired) electrons. The van der Waals surface area contributed by atoms with Gasteiger partial charge in [-0.3, -0.25) is 4.79 Å². The van der Waals surface area contributed by atoms with Crippen molar-refractivity contribution in [2.45, 2.75) is 37.9 Å². The first-order chi connectivity index (χ1) is 15.0. The van der Waals surface area contributed by atoms with E-state index in [2.05, 4.69) is 30.6 Å². The molecule has 0 aliphatic rings. The first kappa shape index (κ1) is 22.2. The second-order valence-corrected chi connectivity index (χ2v) is 7.19. The highest BCUT2D eigenvalue weighted by molar-refractivity contribution is 5.96. The van der Waals surface area contributed by atoms with Crippen LogP contribution in [0.2, 0.25) is 0 Å². The molecule has 0 aliphatic heterocycles. The molecule has 1 aromatic carbocycles. The van der Waals surface area contributed by atoms with Crippen LogP contribution in [0.1, 0.15) is 46.5 Å². The van der Waals surface area contributed by atoms with Crippen LogP contribution in [0.25, 0.3) is 0 Å². The molecule has 0 fully saturated rings. The number of carboxylic acids is 1. The molecule has 10 nitrogen and oxygen atoms in total. The Morgan fingerprint density at radius 3 is 2.35 bits per heavy atom. The van der Waals surface area contributed by atoms with Crippen LogP contribution in [-0.4, -0.2) is 49.5 Å². The summed E-state index contributed by atoms with van der Waals surface area (Å²) < 4.78 is 0. The van der Waals surface area contributed by atoms with E-state index < -0.39 is 17.9 Å². The largest absolute Gasteiger partial charge is 0.480 e. The average molecular weight is 425 g/mol. The van der Waals surface area contributed by atoms with Crippen molar-refractivity contribution in [3.8, 4) is 0 Å². The number of benzene rings is 1. The van der Waals surface area contributed by atoms with E-state index in [9.17, 15) is 14.7 Å². The van der Waals surface area contributed by atoms with Crippen molar-refractivity contribution in [1.29, 1.82) is 0 Å². The first-order valence-electron chi connectivity index (χ1n) is 10.1. The Labute approximate surface area is 179 Å². The lowest BCUT2D eigenvalue weighted by Crippen LogP contribution is -2.41. The molecular weight excluding hydrogens is 398 g/mol. The van der Waals surface area contributed by atoms with Crippen LogP contribution in [0.15, 0.2) is 49.1 Å². The number of hydrogen-bond acceptors (Lipinski definition) is 6. The molecule has 31 heavy (non-hydrogen) atoms. The average Bonchev–Trinajstić information content (AvgIpc) is 3.47. The number of nitrogens with zero attached hydrogens (tertiary/aromatic N) is 2. The number of aliphatic carboxylic acids is 1. The quantitative estimate of drug-likeness (QED) is 0.237. The van der Waals surface area contributed by atoms with Gasteiger partial charge in [-0.05, 0) is 37.1 Å². The number of nitrogens with two attached hydrogens (primary N) is 1. The molecule has 2 heterocycles. The van der Waals surface area contributed by atoms with E-state index in [-0.39, 0.29) is 6.04 Å². The van der Waals surface area contributed by atoms with E-state index in [1.54, 1.807) is 49.1 Å². The fraction of sp³-hybridized carbons (Fsp3) is 0.333. The van der Waals surface area contributed by atoms with Crippen LogP contribution in [0.4, 0.5) is 0 Å². The molecule has 10 heteroatoms. The summed E-state index contributed by atoms with van der Waals surface area (Å²) in [5, 5.41) is 15.2. The molecule has 2 atom stereocenters. The van der Waals surface area contributed by atoms with Gasteiger partial charge < -0.3 is 31.4 Å². The molecule has 0 spiro atoms. The Hall–Kier alpha value is -3.50. The van der Waals surface area contributed by atoms with Crippen LogP contribution >= 0.6 is 0 Å². The predicted octanol–water partition coefficient (Wildman–Crippen LogP) is 1.13. The van der Waals surface area contributed by atoms with Gasteiger partial charge in [-0.1, -0.05) is 12.1 Å². The number of carbonyl (C=O) groups excluding carboxylic acids is 1. The van der Waals surface area contributed by atoms with Gasteiger partial charge in [0.15, 0.2) is 0 Å². The number of carboxylic acid groups (broad SMARTS) is 1.